The van der Waals surface area contributed by atoms with Gasteiger partial charge in [-0.05, 0) is 53.8 Å². The smallest absolute Gasteiger partial charge is 0.408 e. The lowest BCUT2D eigenvalue weighted by atomic mass is 9.98. The van der Waals surface area contributed by atoms with E-state index in [1.807, 2.05) is 36.4 Å². The number of amides is 1. The van der Waals surface area contributed by atoms with E-state index < -0.39 is 29.7 Å². The highest BCUT2D eigenvalue weighted by Gasteiger charge is 2.32. The van der Waals surface area contributed by atoms with E-state index in [-0.39, 0.29) is 25.4 Å². The van der Waals surface area contributed by atoms with Crippen LogP contribution in [0.3, 0.4) is 0 Å². The standard InChI is InChI=1S/C29H30N2O6/c1-29(2,37-28(35)31-25(27(33)34)15-18-11-13-19(30)14-12-18)16-26(32)36-17-24-22-9-5-3-7-20(22)21-8-4-6-10-23(21)24/h3-14,24-25H,15-17,30H2,1-2H3,(H,31,35)(H,33,34)/t25-/m0/s1. The summed E-state index contributed by atoms with van der Waals surface area (Å²) in [7, 11) is 0. The molecule has 1 amide bonds. The number of aliphatic carboxylic acids is 1. The first-order valence-electron chi connectivity index (χ1n) is 12.0. The zero-order valence-electron chi connectivity index (χ0n) is 20.8. The van der Waals surface area contributed by atoms with Crippen molar-refractivity contribution in [2.75, 3.05) is 12.3 Å². The molecule has 1 atom stereocenters. The second kappa shape index (κ2) is 10.7. The highest BCUT2D eigenvalue weighted by Crippen LogP contribution is 2.44. The molecule has 1 aliphatic rings. The number of hydrogen-bond acceptors (Lipinski definition) is 6. The van der Waals surface area contributed by atoms with Crippen molar-refractivity contribution >= 4 is 23.7 Å². The molecule has 0 spiro atoms. The number of carbonyl (C=O) groups is 3. The molecule has 1 aliphatic carbocycles. The molecule has 3 aromatic carbocycles. The SMILES string of the molecule is CC(C)(CC(=O)OCC1c2ccccc2-c2ccccc21)OC(=O)N[C@@H](Cc1ccc(N)cc1)C(=O)O. The quantitative estimate of drug-likeness (QED) is 0.290. The van der Waals surface area contributed by atoms with Crippen LogP contribution in [0.2, 0.25) is 0 Å². The summed E-state index contributed by atoms with van der Waals surface area (Å²) < 4.78 is 11.0. The first-order valence-corrected chi connectivity index (χ1v) is 12.0. The van der Waals surface area contributed by atoms with E-state index in [1.165, 1.54) is 0 Å². The van der Waals surface area contributed by atoms with E-state index >= 15 is 0 Å². The lowest BCUT2D eigenvalue weighted by molar-refractivity contribution is -0.148. The molecule has 0 bridgehead atoms. The third kappa shape index (κ3) is 6.27. The van der Waals surface area contributed by atoms with Crippen molar-refractivity contribution in [1.82, 2.24) is 5.32 Å². The molecule has 0 fully saturated rings. The first-order chi connectivity index (χ1) is 17.6. The highest BCUT2D eigenvalue weighted by molar-refractivity contribution is 5.81. The molecule has 192 valence electrons. The maximum atomic E-state index is 12.7. The number of rotatable bonds is 9. The number of hydrogen-bond donors (Lipinski definition) is 3. The summed E-state index contributed by atoms with van der Waals surface area (Å²) in [6.45, 7) is 3.31. The van der Waals surface area contributed by atoms with Crippen molar-refractivity contribution in [3.63, 3.8) is 0 Å². The molecule has 0 aliphatic heterocycles. The van der Waals surface area contributed by atoms with Crippen molar-refractivity contribution in [1.29, 1.82) is 0 Å². The Morgan fingerprint density at radius 3 is 2.08 bits per heavy atom. The van der Waals surface area contributed by atoms with Gasteiger partial charge in [-0.1, -0.05) is 60.7 Å². The second-order valence-corrected chi connectivity index (χ2v) is 9.72. The fourth-order valence-electron chi connectivity index (χ4n) is 4.56. The van der Waals surface area contributed by atoms with Gasteiger partial charge in [-0.2, -0.15) is 0 Å². The number of fused-ring (bicyclic) bond motifs is 3. The molecule has 0 aromatic heterocycles. The minimum absolute atomic E-state index is 0.0531. The topological polar surface area (TPSA) is 128 Å². The van der Waals surface area contributed by atoms with Crippen LogP contribution in [0.25, 0.3) is 11.1 Å². The number of carbonyl (C=O) groups excluding carboxylic acids is 2. The fraction of sp³-hybridized carbons (Fsp3) is 0.276. The van der Waals surface area contributed by atoms with E-state index in [0.29, 0.717) is 11.3 Å². The number of nitrogen functional groups attached to an aromatic ring is 1. The Hall–Kier alpha value is -4.33. The number of carboxylic acid groups (broad SMARTS) is 1. The molecule has 0 radical (unpaired) electrons. The van der Waals surface area contributed by atoms with Crippen molar-refractivity contribution in [2.45, 2.75) is 44.2 Å². The lowest BCUT2D eigenvalue weighted by Crippen LogP contribution is -2.45. The van der Waals surface area contributed by atoms with E-state index in [9.17, 15) is 19.5 Å². The average Bonchev–Trinajstić information content (AvgIpc) is 3.16. The van der Waals surface area contributed by atoms with Gasteiger partial charge < -0.3 is 25.6 Å². The number of esters is 1. The molecule has 4 N–H and O–H groups in total. The monoisotopic (exact) mass is 502 g/mol. The largest absolute Gasteiger partial charge is 0.480 e. The predicted molar refractivity (Wildman–Crippen MR) is 139 cm³/mol. The Bertz CT molecular complexity index is 1260. The van der Waals surface area contributed by atoms with Gasteiger partial charge in [0.25, 0.3) is 0 Å². The number of carboxylic acids is 1. The van der Waals surface area contributed by atoms with Crippen LogP contribution < -0.4 is 11.1 Å². The third-order valence-corrected chi connectivity index (χ3v) is 6.32. The van der Waals surface area contributed by atoms with Gasteiger partial charge in [0.1, 0.15) is 18.2 Å². The molecule has 3 aromatic rings. The second-order valence-electron chi connectivity index (χ2n) is 9.72. The highest BCUT2D eigenvalue weighted by atomic mass is 16.6. The average molecular weight is 503 g/mol. The summed E-state index contributed by atoms with van der Waals surface area (Å²) in [5, 5.41) is 11.9. The van der Waals surface area contributed by atoms with Gasteiger partial charge in [0, 0.05) is 18.0 Å². The Kier molecular flexibility index (Phi) is 7.47. The molecule has 0 saturated heterocycles. The normalized spacial score (nSPS) is 13.2. The zero-order chi connectivity index (χ0) is 26.6. The molecule has 8 nitrogen and oxygen atoms in total. The van der Waals surface area contributed by atoms with Gasteiger partial charge in [0.2, 0.25) is 0 Å². The molecular formula is C29H30N2O6. The maximum absolute atomic E-state index is 12.7. The van der Waals surface area contributed by atoms with Gasteiger partial charge >= 0.3 is 18.0 Å². The predicted octanol–water partition coefficient (Wildman–Crippen LogP) is 4.52. The molecule has 37 heavy (non-hydrogen) atoms. The third-order valence-electron chi connectivity index (χ3n) is 6.32. The van der Waals surface area contributed by atoms with Crippen LogP contribution in [0, 0.1) is 0 Å². The summed E-state index contributed by atoms with van der Waals surface area (Å²) >= 11 is 0. The Labute approximate surface area is 215 Å². The fourth-order valence-corrected chi connectivity index (χ4v) is 4.56. The van der Waals surface area contributed by atoms with Crippen molar-refractivity contribution in [3.8, 4) is 11.1 Å². The molecule has 0 unspecified atom stereocenters. The van der Waals surface area contributed by atoms with Crippen LogP contribution in [0.15, 0.2) is 72.8 Å². The van der Waals surface area contributed by atoms with Crippen LogP contribution in [0.1, 0.15) is 42.9 Å². The lowest BCUT2D eigenvalue weighted by Gasteiger charge is -2.26. The van der Waals surface area contributed by atoms with Crippen LogP contribution in [0.5, 0.6) is 0 Å². The minimum atomic E-state index is -1.21. The van der Waals surface area contributed by atoms with Crippen molar-refractivity contribution < 1.29 is 29.0 Å². The Morgan fingerprint density at radius 1 is 0.946 bits per heavy atom. The molecule has 0 heterocycles. The van der Waals surface area contributed by atoms with E-state index in [2.05, 4.69) is 17.4 Å². The van der Waals surface area contributed by atoms with Crippen LogP contribution in [0.4, 0.5) is 10.5 Å². The molecule has 8 heteroatoms. The van der Waals surface area contributed by atoms with E-state index in [4.69, 9.17) is 15.2 Å². The maximum Gasteiger partial charge on any atom is 0.408 e. The number of alkyl carbamates (subject to hydrolysis) is 1. The summed E-state index contributed by atoms with van der Waals surface area (Å²) in [6.07, 6.45) is -1.07. The molecule has 4 rings (SSSR count). The summed E-state index contributed by atoms with van der Waals surface area (Å²) in [4.78, 5) is 36.8. The summed E-state index contributed by atoms with van der Waals surface area (Å²) in [6, 6.07) is 21.6. The van der Waals surface area contributed by atoms with Gasteiger partial charge in [-0.15, -0.1) is 0 Å². The number of nitrogens with one attached hydrogen (secondary N) is 1. The number of nitrogens with two attached hydrogens (primary N) is 1. The zero-order valence-corrected chi connectivity index (χ0v) is 20.8. The Morgan fingerprint density at radius 2 is 1.51 bits per heavy atom. The van der Waals surface area contributed by atoms with Gasteiger partial charge in [0.05, 0.1) is 6.42 Å². The van der Waals surface area contributed by atoms with Crippen LogP contribution >= 0.6 is 0 Å². The summed E-state index contributed by atoms with van der Waals surface area (Å²) in [5.74, 6) is -1.80. The van der Waals surface area contributed by atoms with E-state index in [1.54, 1.807) is 38.1 Å². The van der Waals surface area contributed by atoms with Gasteiger partial charge in [-0.3, -0.25) is 4.79 Å². The number of benzene rings is 3. The first kappa shape index (κ1) is 25.8. The minimum Gasteiger partial charge on any atom is -0.480 e. The molecular weight excluding hydrogens is 472 g/mol. The molecule has 0 saturated carbocycles. The number of anilines is 1. The van der Waals surface area contributed by atoms with Gasteiger partial charge in [0.15, 0.2) is 0 Å². The van der Waals surface area contributed by atoms with Crippen LogP contribution in [-0.2, 0) is 25.5 Å². The number of ether oxygens (including phenoxy) is 2. The van der Waals surface area contributed by atoms with Gasteiger partial charge in [-0.25, -0.2) is 9.59 Å². The van der Waals surface area contributed by atoms with E-state index in [0.717, 1.165) is 22.3 Å². The van der Waals surface area contributed by atoms with Crippen molar-refractivity contribution in [2.24, 2.45) is 0 Å². The summed E-state index contributed by atoms with van der Waals surface area (Å²) in [5.41, 5.74) is 10.2. The Balaban J connectivity index is 1.32. The van der Waals surface area contributed by atoms with Crippen molar-refractivity contribution in [3.05, 3.63) is 89.5 Å². The van der Waals surface area contributed by atoms with Crippen LogP contribution in [-0.4, -0.2) is 41.4 Å².